The van der Waals surface area contributed by atoms with Crippen molar-refractivity contribution in [2.75, 3.05) is 0 Å². The number of hydrogen-bond acceptors (Lipinski definition) is 0. The van der Waals surface area contributed by atoms with E-state index in [4.69, 9.17) is 0 Å². The van der Waals surface area contributed by atoms with E-state index in [9.17, 15) is 8.78 Å². The Bertz CT molecular complexity index is 1050. The average Bonchev–Trinajstić information content (AvgIpc) is 2.77. The van der Waals surface area contributed by atoms with Gasteiger partial charge >= 0.3 is 0 Å². The average molecular weight is 403 g/mol. The van der Waals surface area contributed by atoms with Gasteiger partial charge in [-0.3, -0.25) is 0 Å². The topological polar surface area (TPSA) is 0 Å². The van der Waals surface area contributed by atoms with Gasteiger partial charge in [0.15, 0.2) is 0 Å². The van der Waals surface area contributed by atoms with Crippen LogP contribution in [-0.2, 0) is 0 Å². The molecule has 0 radical (unpaired) electrons. The molecule has 0 heterocycles. The first kappa shape index (κ1) is 20.6. The molecule has 30 heavy (non-hydrogen) atoms. The lowest BCUT2D eigenvalue weighted by molar-refractivity contribution is 0.303. The van der Waals surface area contributed by atoms with Crippen LogP contribution < -0.4 is 0 Å². The lowest BCUT2D eigenvalue weighted by Crippen LogP contribution is -2.14. The van der Waals surface area contributed by atoms with Crippen LogP contribution in [0.25, 0.3) is 10.8 Å². The summed E-state index contributed by atoms with van der Waals surface area (Å²) in [5.74, 6) is 5.67. The van der Waals surface area contributed by atoms with Gasteiger partial charge in [-0.1, -0.05) is 74.4 Å². The summed E-state index contributed by atoms with van der Waals surface area (Å²) < 4.78 is 29.6. The molecule has 0 saturated heterocycles. The normalized spacial score (nSPS) is 18.8. The summed E-state index contributed by atoms with van der Waals surface area (Å²) in [5, 5.41) is 2.06. The van der Waals surface area contributed by atoms with Gasteiger partial charge < -0.3 is 0 Å². The third-order valence-electron chi connectivity index (χ3n) is 6.46. The lowest BCUT2D eigenvalue weighted by Gasteiger charge is -2.29. The first-order chi connectivity index (χ1) is 14.7. The van der Waals surface area contributed by atoms with E-state index in [1.807, 2.05) is 42.5 Å². The van der Waals surface area contributed by atoms with E-state index in [-0.39, 0.29) is 11.5 Å². The summed E-state index contributed by atoms with van der Waals surface area (Å²) in [5.41, 5.74) is 1.43. The molecule has 1 saturated carbocycles. The molecule has 0 aromatic heterocycles. The Labute approximate surface area is 178 Å². The summed E-state index contributed by atoms with van der Waals surface area (Å²) in [7, 11) is 0. The molecule has 0 aliphatic heterocycles. The first-order valence-corrected chi connectivity index (χ1v) is 11.1. The molecular weight excluding hydrogens is 374 g/mol. The van der Waals surface area contributed by atoms with Gasteiger partial charge in [0.05, 0.1) is 5.56 Å². The zero-order valence-corrected chi connectivity index (χ0v) is 17.6. The maximum Gasteiger partial charge on any atom is 0.142 e. The van der Waals surface area contributed by atoms with Gasteiger partial charge in [0.25, 0.3) is 0 Å². The molecule has 3 aromatic rings. The van der Waals surface area contributed by atoms with Crippen molar-refractivity contribution in [3.8, 4) is 11.8 Å². The van der Waals surface area contributed by atoms with Crippen LogP contribution in [0, 0.1) is 29.4 Å². The standard InChI is InChI=1S/C28H28F2/c1-2-3-7-20-12-14-21(15-13-20)24-18-27(29)26(28(30)19-24)17-16-23-10-6-9-22-8-4-5-11-25(22)23/h4-6,8-11,18-21H,2-3,7,12-15H2,1H3. The number of benzene rings is 3. The molecule has 0 atom stereocenters. The molecule has 0 amide bonds. The van der Waals surface area contributed by atoms with Crippen LogP contribution in [0.15, 0.2) is 54.6 Å². The highest BCUT2D eigenvalue weighted by Crippen LogP contribution is 2.38. The highest BCUT2D eigenvalue weighted by atomic mass is 19.1. The Kier molecular flexibility index (Phi) is 6.48. The van der Waals surface area contributed by atoms with Crippen molar-refractivity contribution in [3.63, 3.8) is 0 Å². The minimum atomic E-state index is -0.550. The van der Waals surface area contributed by atoms with E-state index in [2.05, 4.69) is 18.8 Å². The zero-order chi connectivity index (χ0) is 20.9. The molecule has 154 valence electrons. The maximum absolute atomic E-state index is 14.8. The van der Waals surface area contributed by atoms with Crippen molar-refractivity contribution < 1.29 is 8.78 Å². The summed E-state index contributed by atoms with van der Waals surface area (Å²) in [6.07, 6.45) is 8.17. The summed E-state index contributed by atoms with van der Waals surface area (Å²) in [6.45, 7) is 2.22. The van der Waals surface area contributed by atoms with Gasteiger partial charge in [-0.15, -0.1) is 0 Å². The molecule has 2 heteroatoms. The van der Waals surface area contributed by atoms with E-state index >= 15 is 0 Å². The second-order valence-electron chi connectivity index (χ2n) is 8.50. The van der Waals surface area contributed by atoms with Gasteiger partial charge in [0.2, 0.25) is 0 Å². The molecular formula is C28H28F2. The molecule has 1 fully saturated rings. The molecule has 4 rings (SSSR count). The summed E-state index contributed by atoms with van der Waals surface area (Å²) in [6, 6.07) is 16.7. The zero-order valence-electron chi connectivity index (χ0n) is 17.6. The van der Waals surface area contributed by atoms with Crippen molar-refractivity contribution in [1.82, 2.24) is 0 Å². The largest absolute Gasteiger partial charge is 0.206 e. The van der Waals surface area contributed by atoms with Crippen LogP contribution in [0.4, 0.5) is 8.78 Å². The van der Waals surface area contributed by atoms with Crippen LogP contribution in [-0.4, -0.2) is 0 Å². The van der Waals surface area contributed by atoms with Crippen molar-refractivity contribution in [2.24, 2.45) is 5.92 Å². The SMILES string of the molecule is CCCCC1CCC(c2cc(F)c(C#Cc3cccc4ccccc34)c(F)c2)CC1. The van der Waals surface area contributed by atoms with Crippen LogP contribution in [0.1, 0.15) is 74.5 Å². The Hall–Kier alpha value is -2.66. The Morgan fingerprint density at radius 3 is 2.30 bits per heavy atom. The monoisotopic (exact) mass is 402 g/mol. The van der Waals surface area contributed by atoms with Crippen LogP contribution in [0.2, 0.25) is 0 Å². The molecule has 3 aromatic carbocycles. The van der Waals surface area contributed by atoms with Crippen LogP contribution >= 0.6 is 0 Å². The van der Waals surface area contributed by atoms with Gasteiger partial charge in [0.1, 0.15) is 11.6 Å². The first-order valence-electron chi connectivity index (χ1n) is 11.1. The van der Waals surface area contributed by atoms with Gasteiger partial charge in [-0.25, -0.2) is 8.78 Å². The third kappa shape index (κ3) is 4.57. The van der Waals surface area contributed by atoms with Gasteiger partial charge in [-0.2, -0.15) is 0 Å². The highest BCUT2D eigenvalue weighted by molar-refractivity contribution is 5.88. The molecule has 0 nitrogen and oxygen atoms in total. The number of rotatable bonds is 4. The molecule has 1 aliphatic rings. The van der Waals surface area contributed by atoms with Crippen molar-refractivity contribution >= 4 is 10.8 Å². The quantitative estimate of drug-likeness (QED) is 0.388. The van der Waals surface area contributed by atoms with Crippen molar-refractivity contribution in [1.29, 1.82) is 0 Å². The third-order valence-corrected chi connectivity index (χ3v) is 6.46. The maximum atomic E-state index is 14.8. The molecule has 0 unspecified atom stereocenters. The van der Waals surface area contributed by atoms with E-state index in [1.54, 1.807) is 0 Å². The smallest absolute Gasteiger partial charge is 0.142 e. The predicted molar refractivity (Wildman–Crippen MR) is 121 cm³/mol. The Morgan fingerprint density at radius 2 is 1.57 bits per heavy atom. The van der Waals surface area contributed by atoms with Crippen molar-refractivity contribution in [3.05, 3.63) is 82.9 Å². The minimum Gasteiger partial charge on any atom is -0.206 e. The Morgan fingerprint density at radius 1 is 0.867 bits per heavy atom. The van der Waals surface area contributed by atoms with Crippen LogP contribution in [0.5, 0.6) is 0 Å². The predicted octanol–water partition coefficient (Wildman–Crippen LogP) is 7.98. The van der Waals surface area contributed by atoms with Crippen LogP contribution in [0.3, 0.4) is 0 Å². The van der Waals surface area contributed by atoms with E-state index in [0.717, 1.165) is 53.5 Å². The summed E-state index contributed by atoms with van der Waals surface area (Å²) in [4.78, 5) is 0. The second-order valence-corrected chi connectivity index (χ2v) is 8.50. The summed E-state index contributed by atoms with van der Waals surface area (Å²) >= 11 is 0. The number of fused-ring (bicyclic) bond motifs is 1. The fourth-order valence-electron chi connectivity index (χ4n) is 4.69. The van der Waals surface area contributed by atoms with E-state index < -0.39 is 11.6 Å². The van der Waals surface area contributed by atoms with E-state index in [0.29, 0.717) is 0 Å². The lowest BCUT2D eigenvalue weighted by atomic mass is 9.77. The number of halogens is 2. The number of unbranched alkanes of at least 4 members (excludes halogenated alkanes) is 1. The molecule has 1 aliphatic carbocycles. The molecule has 0 N–H and O–H groups in total. The van der Waals surface area contributed by atoms with Gasteiger partial charge in [-0.05, 0) is 72.1 Å². The van der Waals surface area contributed by atoms with Crippen molar-refractivity contribution in [2.45, 2.75) is 57.8 Å². The number of hydrogen-bond donors (Lipinski definition) is 0. The Balaban J connectivity index is 1.54. The fraction of sp³-hybridized carbons (Fsp3) is 0.357. The molecule has 0 spiro atoms. The van der Waals surface area contributed by atoms with Gasteiger partial charge in [0, 0.05) is 5.56 Å². The fourth-order valence-corrected chi connectivity index (χ4v) is 4.69. The minimum absolute atomic E-state index is 0.136. The molecule has 0 bridgehead atoms. The highest BCUT2D eigenvalue weighted by Gasteiger charge is 2.23. The second kappa shape index (κ2) is 9.43. The van der Waals surface area contributed by atoms with E-state index in [1.165, 1.54) is 31.4 Å².